The first-order valence-corrected chi connectivity index (χ1v) is 4.71. The van der Waals surface area contributed by atoms with Crippen molar-refractivity contribution in [2.75, 3.05) is 26.0 Å². The first-order chi connectivity index (χ1) is 7.26. The molecule has 0 radical (unpaired) electrons. The number of aromatic nitrogens is 1. The number of hydrogen-bond acceptors (Lipinski definition) is 4. The number of methoxy groups -OCH3 is 1. The summed E-state index contributed by atoms with van der Waals surface area (Å²) >= 11 is 0. The highest BCUT2D eigenvalue weighted by Crippen LogP contribution is 2.10. The highest BCUT2D eigenvalue weighted by Gasteiger charge is 1.99. The summed E-state index contributed by atoms with van der Waals surface area (Å²) in [5.74, 6) is 1.27. The lowest BCUT2D eigenvalue weighted by molar-refractivity contribution is -0.120. The normalized spacial score (nSPS) is 9.47. The average Bonchev–Trinajstić information content (AvgIpc) is 2.29. The van der Waals surface area contributed by atoms with Gasteiger partial charge in [0.2, 0.25) is 11.8 Å². The molecule has 2 N–H and O–H groups in total. The predicted molar refractivity (Wildman–Crippen MR) is 58.0 cm³/mol. The van der Waals surface area contributed by atoms with Crippen molar-refractivity contribution in [3.63, 3.8) is 0 Å². The molecule has 0 aliphatic rings. The van der Waals surface area contributed by atoms with Crippen LogP contribution in [-0.4, -0.2) is 31.6 Å². The summed E-state index contributed by atoms with van der Waals surface area (Å²) in [6.45, 7) is 0.555. The highest BCUT2D eigenvalue weighted by molar-refractivity contribution is 5.76. The largest absolute Gasteiger partial charge is 0.481 e. The van der Waals surface area contributed by atoms with E-state index in [-0.39, 0.29) is 5.91 Å². The second-order valence-electron chi connectivity index (χ2n) is 2.92. The Hall–Kier alpha value is -1.78. The Morgan fingerprint density at radius 3 is 3.00 bits per heavy atom. The molecule has 0 unspecified atom stereocenters. The van der Waals surface area contributed by atoms with Gasteiger partial charge >= 0.3 is 0 Å². The Labute approximate surface area is 88.9 Å². The van der Waals surface area contributed by atoms with Gasteiger partial charge in [0, 0.05) is 26.1 Å². The van der Waals surface area contributed by atoms with Crippen LogP contribution in [0.1, 0.15) is 6.42 Å². The molecule has 0 spiro atoms. The zero-order valence-corrected chi connectivity index (χ0v) is 8.91. The second kappa shape index (κ2) is 5.85. The smallest absolute Gasteiger partial charge is 0.221 e. The molecule has 0 saturated carbocycles. The van der Waals surface area contributed by atoms with Gasteiger partial charge in [-0.3, -0.25) is 4.79 Å². The molecule has 1 amide bonds. The number of nitrogens with zero attached hydrogens (tertiary/aromatic N) is 1. The predicted octanol–water partition coefficient (Wildman–Crippen LogP) is 0.638. The molecule has 0 atom stereocenters. The van der Waals surface area contributed by atoms with Crippen LogP contribution in [-0.2, 0) is 4.79 Å². The van der Waals surface area contributed by atoms with Crippen LogP contribution in [0, 0.1) is 0 Å². The van der Waals surface area contributed by atoms with Crippen molar-refractivity contribution in [2.24, 2.45) is 0 Å². The summed E-state index contributed by atoms with van der Waals surface area (Å²) in [5.41, 5.74) is 0. The lowest BCUT2D eigenvalue weighted by Crippen LogP contribution is -2.21. The monoisotopic (exact) mass is 209 g/mol. The van der Waals surface area contributed by atoms with Gasteiger partial charge in [-0.05, 0) is 6.07 Å². The number of amides is 1. The number of rotatable bonds is 5. The van der Waals surface area contributed by atoms with E-state index < -0.39 is 0 Å². The standard InChI is InChI=1S/C10H15N3O2/c1-11-9(14)6-7-12-8-4-3-5-10(13-8)15-2/h3-5H,6-7H2,1-2H3,(H,11,14)(H,12,13). The molecule has 5 nitrogen and oxygen atoms in total. The molecular formula is C10H15N3O2. The Morgan fingerprint density at radius 2 is 2.33 bits per heavy atom. The fourth-order valence-electron chi connectivity index (χ4n) is 1.06. The van der Waals surface area contributed by atoms with Crippen LogP contribution in [0.4, 0.5) is 5.82 Å². The minimum atomic E-state index is 0.00500. The molecular weight excluding hydrogens is 194 g/mol. The molecule has 0 aliphatic carbocycles. The lowest BCUT2D eigenvalue weighted by atomic mass is 10.4. The van der Waals surface area contributed by atoms with E-state index in [0.29, 0.717) is 24.7 Å². The number of pyridine rings is 1. The van der Waals surface area contributed by atoms with Crippen LogP contribution in [0.25, 0.3) is 0 Å². The minimum absolute atomic E-state index is 0.00500. The molecule has 1 aromatic rings. The van der Waals surface area contributed by atoms with E-state index >= 15 is 0 Å². The Bertz CT molecular complexity index is 328. The van der Waals surface area contributed by atoms with Crippen LogP contribution in [0.3, 0.4) is 0 Å². The van der Waals surface area contributed by atoms with Gasteiger partial charge < -0.3 is 15.4 Å². The fraction of sp³-hybridized carbons (Fsp3) is 0.400. The Balaban J connectivity index is 2.40. The van der Waals surface area contributed by atoms with Crippen molar-refractivity contribution in [1.82, 2.24) is 10.3 Å². The van der Waals surface area contributed by atoms with Gasteiger partial charge in [0.25, 0.3) is 0 Å². The Kier molecular flexibility index (Phi) is 4.40. The number of anilines is 1. The molecule has 82 valence electrons. The Morgan fingerprint density at radius 1 is 1.53 bits per heavy atom. The second-order valence-corrected chi connectivity index (χ2v) is 2.92. The summed E-state index contributed by atoms with van der Waals surface area (Å²) in [4.78, 5) is 15.1. The van der Waals surface area contributed by atoms with Crippen molar-refractivity contribution in [3.05, 3.63) is 18.2 Å². The van der Waals surface area contributed by atoms with E-state index in [0.717, 1.165) is 0 Å². The van der Waals surface area contributed by atoms with Gasteiger partial charge in [0.15, 0.2) is 0 Å². The number of hydrogen-bond donors (Lipinski definition) is 2. The van der Waals surface area contributed by atoms with Crippen LogP contribution < -0.4 is 15.4 Å². The summed E-state index contributed by atoms with van der Waals surface area (Å²) < 4.78 is 4.97. The van der Waals surface area contributed by atoms with E-state index in [9.17, 15) is 4.79 Å². The lowest BCUT2D eigenvalue weighted by Gasteiger charge is -2.05. The maximum Gasteiger partial charge on any atom is 0.221 e. The van der Waals surface area contributed by atoms with Gasteiger partial charge in [-0.2, -0.15) is 4.98 Å². The number of ether oxygens (including phenoxy) is 1. The minimum Gasteiger partial charge on any atom is -0.481 e. The molecule has 0 bridgehead atoms. The molecule has 1 heterocycles. The van der Waals surface area contributed by atoms with E-state index in [2.05, 4.69) is 15.6 Å². The molecule has 1 rings (SSSR count). The van der Waals surface area contributed by atoms with Gasteiger partial charge in [-0.1, -0.05) is 6.07 Å². The third-order valence-electron chi connectivity index (χ3n) is 1.87. The summed E-state index contributed by atoms with van der Waals surface area (Å²) in [5, 5.41) is 5.58. The van der Waals surface area contributed by atoms with E-state index in [1.54, 1.807) is 20.2 Å². The van der Waals surface area contributed by atoms with Crippen molar-refractivity contribution >= 4 is 11.7 Å². The molecule has 0 saturated heterocycles. The van der Waals surface area contributed by atoms with Gasteiger partial charge in [-0.25, -0.2) is 0 Å². The van der Waals surface area contributed by atoms with Gasteiger partial charge in [0.1, 0.15) is 5.82 Å². The zero-order chi connectivity index (χ0) is 11.1. The third-order valence-corrected chi connectivity index (χ3v) is 1.87. The molecule has 0 aromatic carbocycles. The maximum absolute atomic E-state index is 10.9. The van der Waals surface area contributed by atoms with Gasteiger partial charge in [-0.15, -0.1) is 0 Å². The topological polar surface area (TPSA) is 63.2 Å². The fourth-order valence-corrected chi connectivity index (χ4v) is 1.06. The van der Waals surface area contributed by atoms with Crippen LogP contribution >= 0.6 is 0 Å². The summed E-state index contributed by atoms with van der Waals surface area (Å²) in [7, 11) is 3.18. The molecule has 15 heavy (non-hydrogen) atoms. The molecule has 5 heteroatoms. The third kappa shape index (κ3) is 3.84. The van der Waals surface area contributed by atoms with Crippen molar-refractivity contribution in [3.8, 4) is 5.88 Å². The zero-order valence-electron chi connectivity index (χ0n) is 8.91. The maximum atomic E-state index is 10.9. The number of carbonyl (C=O) groups excluding carboxylic acids is 1. The van der Waals surface area contributed by atoms with Crippen molar-refractivity contribution < 1.29 is 9.53 Å². The highest BCUT2D eigenvalue weighted by atomic mass is 16.5. The van der Waals surface area contributed by atoms with Crippen molar-refractivity contribution in [1.29, 1.82) is 0 Å². The van der Waals surface area contributed by atoms with E-state index in [4.69, 9.17) is 4.74 Å². The first kappa shape index (κ1) is 11.3. The van der Waals surface area contributed by atoms with Crippen LogP contribution in [0.15, 0.2) is 18.2 Å². The summed E-state index contributed by atoms with van der Waals surface area (Å²) in [6, 6.07) is 5.43. The summed E-state index contributed by atoms with van der Waals surface area (Å²) in [6.07, 6.45) is 0.426. The average molecular weight is 209 g/mol. The van der Waals surface area contributed by atoms with E-state index in [1.807, 2.05) is 12.1 Å². The van der Waals surface area contributed by atoms with Crippen LogP contribution in [0.2, 0.25) is 0 Å². The van der Waals surface area contributed by atoms with Crippen LogP contribution in [0.5, 0.6) is 5.88 Å². The number of carbonyl (C=O) groups is 1. The SMILES string of the molecule is CNC(=O)CCNc1cccc(OC)n1. The molecule has 0 aliphatic heterocycles. The van der Waals surface area contributed by atoms with E-state index in [1.165, 1.54) is 0 Å². The van der Waals surface area contributed by atoms with Gasteiger partial charge in [0.05, 0.1) is 7.11 Å². The molecule has 0 fully saturated rings. The quantitative estimate of drug-likeness (QED) is 0.747. The first-order valence-electron chi connectivity index (χ1n) is 4.71. The van der Waals surface area contributed by atoms with Crippen molar-refractivity contribution in [2.45, 2.75) is 6.42 Å². The number of nitrogens with one attached hydrogen (secondary N) is 2. The molecule has 1 aromatic heterocycles.